The third-order valence-electron chi connectivity index (χ3n) is 4.33. The number of carbonyl (C=O) groups excluding carboxylic acids is 1. The van der Waals surface area contributed by atoms with E-state index in [0.717, 1.165) is 32.4 Å². The number of aryl methyl sites for hydroxylation is 2. The van der Waals surface area contributed by atoms with E-state index in [1.54, 1.807) is 6.92 Å². The first kappa shape index (κ1) is 14.0. The second-order valence-electron chi connectivity index (χ2n) is 6.04. The van der Waals surface area contributed by atoms with Gasteiger partial charge in [0.2, 0.25) is 5.91 Å². The van der Waals surface area contributed by atoms with Gasteiger partial charge in [0.1, 0.15) is 0 Å². The van der Waals surface area contributed by atoms with Crippen molar-refractivity contribution in [3.05, 3.63) is 15.6 Å². The predicted molar refractivity (Wildman–Crippen MR) is 81.0 cm³/mol. The third-order valence-corrected chi connectivity index (χ3v) is 5.65. The van der Waals surface area contributed by atoms with Crippen LogP contribution < -0.4 is 5.73 Å². The van der Waals surface area contributed by atoms with Gasteiger partial charge in [-0.1, -0.05) is 0 Å². The summed E-state index contributed by atoms with van der Waals surface area (Å²) in [4.78, 5) is 20.3. The third kappa shape index (κ3) is 2.74. The number of fused-ring (bicyclic) bond motifs is 1. The molecule has 110 valence electrons. The van der Waals surface area contributed by atoms with E-state index in [1.165, 1.54) is 34.8 Å². The van der Waals surface area contributed by atoms with Crippen molar-refractivity contribution in [3.63, 3.8) is 0 Å². The first-order valence-corrected chi connectivity index (χ1v) is 8.49. The van der Waals surface area contributed by atoms with Crippen molar-refractivity contribution in [1.29, 1.82) is 0 Å². The lowest BCUT2D eigenvalue weighted by atomic mass is 9.98. The molecule has 2 heterocycles. The zero-order valence-electron chi connectivity index (χ0n) is 12.1. The number of nitrogens with two attached hydrogens (primary N) is 1. The van der Waals surface area contributed by atoms with E-state index in [9.17, 15) is 4.79 Å². The number of amides is 1. The van der Waals surface area contributed by atoms with Crippen molar-refractivity contribution < 1.29 is 4.79 Å². The van der Waals surface area contributed by atoms with Crippen LogP contribution in [0.3, 0.4) is 0 Å². The molecule has 1 amide bonds. The Bertz CT molecular complexity index is 474. The van der Waals surface area contributed by atoms with E-state index in [0.29, 0.717) is 5.92 Å². The van der Waals surface area contributed by atoms with Crippen molar-refractivity contribution >= 4 is 17.2 Å². The molecular formula is C15H23N3OS. The molecule has 0 spiro atoms. The number of carbonyl (C=O) groups is 1. The summed E-state index contributed by atoms with van der Waals surface area (Å²) >= 11 is 1.88. The fourth-order valence-corrected chi connectivity index (χ4v) is 4.49. The molecule has 3 rings (SSSR count). The van der Waals surface area contributed by atoms with E-state index in [-0.39, 0.29) is 5.91 Å². The molecule has 2 N–H and O–H groups in total. The van der Waals surface area contributed by atoms with Crippen LogP contribution in [-0.2, 0) is 17.6 Å². The molecule has 1 saturated heterocycles. The topological polar surface area (TPSA) is 59.2 Å². The average molecular weight is 293 g/mol. The molecule has 1 aliphatic carbocycles. The summed E-state index contributed by atoms with van der Waals surface area (Å²) in [6.07, 6.45) is 7.12. The van der Waals surface area contributed by atoms with Crippen molar-refractivity contribution in [2.45, 2.75) is 57.4 Å². The largest absolute Gasteiger partial charge is 0.341 e. The molecule has 1 aromatic heterocycles. The van der Waals surface area contributed by atoms with E-state index in [1.807, 2.05) is 16.2 Å². The number of aromatic nitrogens is 1. The van der Waals surface area contributed by atoms with Crippen molar-refractivity contribution in [2.75, 3.05) is 13.1 Å². The van der Waals surface area contributed by atoms with Crippen LogP contribution >= 0.6 is 11.3 Å². The maximum Gasteiger partial charge on any atom is 0.239 e. The Kier molecular flexibility index (Phi) is 4.08. The minimum absolute atomic E-state index is 0.0796. The quantitative estimate of drug-likeness (QED) is 0.908. The molecule has 0 bridgehead atoms. The zero-order valence-corrected chi connectivity index (χ0v) is 12.9. The van der Waals surface area contributed by atoms with Gasteiger partial charge in [-0.3, -0.25) is 4.79 Å². The first-order valence-electron chi connectivity index (χ1n) is 7.68. The number of nitrogens with zero attached hydrogens (tertiary/aromatic N) is 2. The Morgan fingerprint density at radius 3 is 2.95 bits per heavy atom. The molecule has 2 atom stereocenters. The molecule has 2 unspecified atom stereocenters. The number of rotatable bonds is 2. The van der Waals surface area contributed by atoms with Crippen LogP contribution in [-0.4, -0.2) is 34.9 Å². The summed E-state index contributed by atoms with van der Waals surface area (Å²) in [5.74, 6) is 0.498. The number of piperidine rings is 1. The van der Waals surface area contributed by atoms with Crippen LogP contribution in [0.5, 0.6) is 0 Å². The lowest BCUT2D eigenvalue weighted by molar-refractivity contribution is -0.133. The summed E-state index contributed by atoms with van der Waals surface area (Å²) in [5, 5.41) is 1.25. The zero-order chi connectivity index (χ0) is 14.1. The molecule has 1 aliphatic heterocycles. The van der Waals surface area contributed by atoms with Gasteiger partial charge in [0, 0.05) is 23.9 Å². The second-order valence-corrected chi connectivity index (χ2v) is 7.16. The SMILES string of the molecule is CC(N)C(=O)N1CCCC(c2nc3c(s2)CCCC3)C1. The van der Waals surface area contributed by atoms with E-state index < -0.39 is 6.04 Å². The van der Waals surface area contributed by atoms with Crippen molar-refractivity contribution in [3.8, 4) is 0 Å². The monoisotopic (exact) mass is 293 g/mol. The molecular weight excluding hydrogens is 270 g/mol. The maximum atomic E-state index is 12.1. The van der Waals surface area contributed by atoms with Crippen LogP contribution in [0, 0.1) is 0 Å². The summed E-state index contributed by atoms with van der Waals surface area (Å²) < 4.78 is 0. The minimum Gasteiger partial charge on any atom is -0.341 e. The van der Waals surface area contributed by atoms with Crippen molar-refractivity contribution in [2.24, 2.45) is 5.73 Å². The van der Waals surface area contributed by atoms with Gasteiger partial charge >= 0.3 is 0 Å². The number of likely N-dealkylation sites (tertiary alicyclic amines) is 1. The lowest BCUT2D eigenvalue weighted by Gasteiger charge is -2.32. The average Bonchev–Trinajstić information content (AvgIpc) is 2.90. The van der Waals surface area contributed by atoms with Gasteiger partial charge in [0.05, 0.1) is 16.7 Å². The molecule has 5 heteroatoms. The van der Waals surface area contributed by atoms with Gasteiger partial charge in [-0.15, -0.1) is 11.3 Å². The van der Waals surface area contributed by atoms with Crippen LogP contribution in [0.25, 0.3) is 0 Å². The normalized spacial score (nSPS) is 24.3. The highest BCUT2D eigenvalue weighted by molar-refractivity contribution is 7.11. The Morgan fingerprint density at radius 2 is 2.20 bits per heavy atom. The predicted octanol–water partition coefficient (Wildman–Crippen LogP) is 2.08. The Hall–Kier alpha value is -0.940. The van der Waals surface area contributed by atoms with E-state index in [4.69, 9.17) is 10.7 Å². The molecule has 2 aliphatic rings. The summed E-state index contributed by atoms with van der Waals surface area (Å²) in [6, 6.07) is -0.391. The molecule has 0 aromatic carbocycles. The van der Waals surface area contributed by atoms with Gasteiger partial charge < -0.3 is 10.6 Å². The number of thiazole rings is 1. The Labute approximate surface area is 124 Å². The van der Waals surface area contributed by atoms with Crippen LogP contribution in [0.15, 0.2) is 0 Å². The molecule has 20 heavy (non-hydrogen) atoms. The van der Waals surface area contributed by atoms with Gasteiger partial charge in [-0.05, 0) is 45.4 Å². The summed E-state index contributed by atoms with van der Waals surface area (Å²) in [6.45, 7) is 3.42. The highest BCUT2D eigenvalue weighted by Gasteiger charge is 2.29. The Balaban J connectivity index is 1.73. The second kappa shape index (κ2) is 5.82. The van der Waals surface area contributed by atoms with E-state index in [2.05, 4.69) is 0 Å². The maximum absolute atomic E-state index is 12.1. The molecule has 4 nitrogen and oxygen atoms in total. The van der Waals surface area contributed by atoms with Crippen molar-refractivity contribution in [1.82, 2.24) is 9.88 Å². The van der Waals surface area contributed by atoms with E-state index >= 15 is 0 Å². The molecule has 0 radical (unpaired) electrons. The highest BCUT2D eigenvalue weighted by Crippen LogP contribution is 2.34. The molecule has 1 aromatic rings. The Morgan fingerprint density at radius 1 is 1.40 bits per heavy atom. The highest BCUT2D eigenvalue weighted by atomic mass is 32.1. The summed E-state index contributed by atoms with van der Waals surface area (Å²) in [7, 11) is 0. The fourth-order valence-electron chi connectivity index (χ4n) is 3.21. The smallest absolute Gasteiger partial charge is 0.239 e. The lowest BCUT2D eigenvalue weighted by Crippen LogP contribution is -2.46. The minimum atomic E-state index is -0.391. The first-order chi connectivity index (χ1) is 9.65. The number of hydrogen-bond donors (Lipinski definition) is 1. The number of hydrogen-bond acceptors (Lipinski definition) is 4. The van der Waals surface area contributed by atoms with Gasteiger partial charge in [-0.25, -0.2) is 4.98 Å². The summed E-state index contributed by atoms with van der Waals surface area (Å²) in [5.41, 5.74) is 7.05. The van der Waals surface area contributed by atoms with Gasteiger partial charge in [0.25, 0.3) is 0 Å². The molecule has 0 saturated carbocycles. The van der Waals surface area contributed by atoms with Crippen LogP contribution in [0.2, 0.25) is 0 Å². The molecule has 1 fully saturated rings. The standard InChI is InChI=1S/C15H23N3OS/c1-10(16)15(19)18-8-4-5-11(9-18)14-17-12-6-2-3-7-13(12)20-14/h10-11H,2-9,16H2,1H3. The van der Waals surface area contributed by atoms with Gasteiger partial charge in [-0.2, -0.15) is 0 Å². The van der Waals surface area contributed by atoms with Crippen LogP contribution in [0.4, 0.5) is 0 Å². The van der Waals surface area contributed by atoms with Crippen LogP contribution in [0.1, 0.15) is 54.1 Å². The van der Waals surface area contributed by atoms with Gasteiger partial charge in [0.15, 0.2) is 0 Å². The fraction of sp³-hybridized carbons (Fsp3) is 0.733.